The molecule has 0 radical (unpaired) electrons. The largest absolute Gasteiger partial charge is 0.356 e. The predicted molar refractivity (Wildman–Crippen MR) is 129 cm³/mol. The van der Waals surface area contributed by atoms with E-state index in [9.17, 15) is 9.59 Å². The number of pyridine rings is 1. The number of fused-ring (bicyclic) bond motifs is 1. The van der Waals surface area contributed by atoms with E-state index in [4.69, 9.17) is 4.74 Å². The Bertz CT molecular complexity index is 1210. The summed E-state index contributed by atoms with van der Waals surface area (Å²) in [5.41, 5.74) is 2.31. The molecule has 2 aliphatic rings. The fraction of sp³-hybridized carbons (Fsp3) is 0.423. The van der Waals surface area contributed by atoms with Gasteiger partial charge in [-0.05, 0) is 62.8 Å². The van der Waals surface area contributed by atoms with Gasteiger partial charge in [-0.3, -0.25) is 14.6 Å². The molecule has 0 saturated carbocycles. The minimum absolute atomic E-state index is 0.0943. The van der Waals surface area contributed by atoms with Crippen molar-refractivity contribution in [2.45, 2.75) is 57.8 Å². The van der Waals surface area contributed by atoms with Gasteiger partial charge in [0, 0.05) is 25.9 Å². The van der Waals surface area contributed by atoms with E-state index >= 15 is 0 Å². The van der Waals surface area contributed by atoms with Crippen molar-refractivity contribution < 1.29 is 14.3 Å². The van der Waals surface area contributed by atoms with Crippen LogP contribution < -0.4 is 5.32 Å². The van der Waals surface area contributed by atoms with Crippen LogP contribution in [0.4, 0.5) is 0 Å². The lowest BCUT2D eigenvalue weighted by Crippen LogP contribution is -2.56. The summed E-state index contributed by atoms with van der Waals surface area (Å²) >= 11 is 0. The Morgan fingerprint density at radius 1 is 1.09 bits per heavy atom. The molecule has 5 rings (SSSR count). The van der Waals surface area contributed by atoms with E-state index in [0.717, 1.165) is 37.9 Å². The molecule has 1 atom stereocenters. The maximum atomic E-state index is 13.2. The van der Waals surface area contributed by atoms with E-state index in [-0.39, 0.29) is 18.0 Å². The smallest absolute Gasteiger partial charge is 0.253 e. The number of carbonyl (C=O) groups excluding carboxylic acids is 2. The molecule has 1 aromatic carbocycles. The van der Waals surface area contributed by atoms with Crippen LogP contribution in [-0.2, 0) is 22.5 Å². The molecule has 0 aliphatic carbocycles. The molecule has 9 heteroatoms. The van der Waals surface area contributed by atoms with Gasteiger partial charge in [0.05, 0.1) is 5.56 Å². The molecular weight excluding hydrogens is 444 g/mol. The summed E-state index contributed by atoms with van der Waals surface area (Å²) in [5, 5.41) is 7.37. The summed E-state index contributed by atoms with van der Waals surface area (Å²) in [6.07, 6.45) is 6.94. The normalized spacial score (nSPS) is 18.1. The van der Waals surface area contributed by atoms with Gasteiger partial charge in [-0.25, -0.2) is 9.67 Å². The van der Waals surface area contributed by atoms with E-state index in [1.807, 2.05) is 23.1 Å². The SMILES string of the molecule is CC(C)(NC(=O)c1ccc(-c2ncn(C3CCCCO3)n2)nc1)C(=O)N1CCc2ccccc2C1. The summed E-state index contributed by atoms with van der Waals surface area (Å²) in [6.45, 7) is 5.39. The van der Waals surface area contributed by atoms with Gasteiger partial charge in [-0.2, -0.15) is 0 Å². The first-order chi connectivity index (χ1) is 16.9. The van der Waals surface area contributed by atoms with Crippen LogP contribution in [0.25, 0.3) is 11.5 Å². The number of nitrogens with zero attached hydrogens (tertiary/aromatic N) is 5. The third-order valence-electron chi connectivity index (χ3n) is 6.59. The number of amides is 2. The lowest BCUT2D eigenvalue weighted by Gasteiger charge is -2.35. The van der Waals surface area contributed by atoms with E-state index in [1.165, 1.54) is 11.8 Å². The van der Waals surface area contributed by atoms with Crippen LogP contribution in [0.15, 0.2) is 48.9 Å². The van der Waals surface area contributed by atoms with E-state index < -0.39 is 5.54 Å². The number of aromatic nitrogens is 4. The molecule has 1 fully saturated rings. The van der Waals surface area contributed by atoms with Crippen molar-refractivity contribution in [1.82, 2.24) is 30.0 Å². The molecule has 35 heavy (non-hydrogen) atoms. The lowest BCUT2D eigenvalue weighted by molar-refractivity contribution is -0.137. The summed E-state index contributed by atoms with van der Waals surface area (Å²) < 4.78 is 7.47. The number of rotatable bonds is 5. The second kappa shape index (κ2) is 9.58. The van der Waals surface area contributed by atoms with Crippen molar-refractivity contribution in [3.63, 3.8) is 0 Å². The number of ether oxygens (including phenoxy) is 1. The van der Waals surface area contributed by atoms with Crippen molar-refractivity contribution in [3.8, 4) is 11.5 Å². The van der Waals surface area contributed by atoms with Crippen LogP contribution in [0, 0.1) is 0 Å². The standard InChI is InChI=1S/C26H30N6O3/c1-26(2,25(34)31-13-12-18-7-3-4-8-20(18)16-31)29-24(33)19-10-11-21(27-15-19)23-28-17-32(30-23)22-9-5-6-14-35-22/h3-4,7-8,10-11,15,17,22H,5-6,9,12-14,16H2,1-2H3,(H,29,33). The fourth-order valence-corrected chi connectivity index (χ4v) is 4.60. The Labute approximate surface area is 204 Å². The summed E-state index contributed by atoms with van der Waals surface area (Å²) in [6, 6.07) is 11.5. The Kier molecular flexibility index (Phi) is 6.34. The molecule has 182 valence electrons. The Morgan fingerprint density at radius 3 is 2.66 bits per heavy atom. The maximum absolute atomic E-state index is 13.2. The minimum atomic E-state index is -1.05. The zero-order valence-electron chi connectivity index (χ0n) is 20.1. The number of hydrogen-bond donors (Lipinski definition) is 1. The highest BCUT2D eigenvalue weighted by Gasteiger charge is 2.35. The van der Waals surface area contributed by atoms with Crippen LogP contribution in [-0.4, -0.2) is 55.2 Å². The Hall–Kier alpha value is -3.59. The van der Waals surface area contributed by atoms with Crippen LogP contribution in [0.5, 0.6) is 0 Å². The second-order valence-electron chi connectivity index (χ2n) is 9.63. The molecule has 1 saturated heterocycles. The molecule has 1 unspecified atom stereocenters. The average molecular weight is 475 g/mol. The van der Waals surface area contributed by atoms with Gasteiger partial charge in [-0.1, -0.05) is 24.3 Å². The fourth-order valence-electron chi connectivity index (χ4n) is 4.60. The zero-order valence-corrected chi connectivity index (χ0v) is 20.1. The monoisotopic (exact) mass is 474 g/mol. The third kappa shape index (κ3) is 4.95. The van der Waals surface area contributed by atoms with Gasteiger partial charge in [0.15, 0.2) is 12.1 Å². The highest BCUT2D eigenvalue weighted by Crippen LogP contribution is 2.23. The molecule has 9 nitrogen and oxygen atoms in total. The number of hydrogen-bond acceptors (Lipinski definition) is 6. The molecule has 2 aromatic heterocycles. The van der Waals surface area contributed by atoms with Crippen molar-refractivity contribution in [1.29, 1.82) is 0 Å². The Balaban J connectivity index is 1.22. The summed E-state index contributed by atoms with van der Waals surface area (Å²) in [4.78, 5) is 36.7. The predicted octanol–water partition coefficient (Wildman–Crippen LogP) is 3.13. The van der Waals surface area contributed by atoms with Gasteiger partial charge >= 0.3 is 0 Å². The van der Waals surface area contributed by atoms with Crippen LogP contribution in [0.3, 0.4) is 0 Å². The molecule has 1 N–H and O–H groups in total. The first-order valence-corrected chi connectivity index (χ1v) is 12.1. The molecule has 0 spiro atoms. The molecular formula is C26H30N6O3. The van der Waals surface area contributed by atoms with Gasteiger partial charge in [0.2, 0.25) is 5.91 Å². The third-order valence-corrected chi connectivity index (χ3v) is 6.59. The molecule has 0 bridgehead atoms. The average Bonchev–Trinajstić information content (AvgIpc) is 3.39. The topological polar surface area (TPSA) is 102 Å². The molecule has 2 aliphatic heterocycles. The van der Waals surface area contributed by atoms with Gasteiger partial charge in [-0.15, -0.1) is 5.10 Å². The lowest BCUT2D eigenvalue weighted by atomic mass is 9.96. The van der Waals surface area contributed by atoms with E-state index in [0.29, 0.717) is 30.2 Å². The van der Waals surface area contributed by atoms with Gasteiger partial charge in [0.25, 0.3) is 5.91 Å². The second-order valence-corrected chi connectivity index (χ2v) is 9.63. The van der Waals surface area contributed by atoms with Crippen molar-refractivity contribution in [2.75, 3.05) is 13.2 Å². The molecule has 3 aromatic rings. The van der Waals surface area contributed by atoms with Crippen LogP contribution in [0.1, 0.15) is 60.8 Å². The summed E-state index contributed by atoms with van der Waals surface area (Å²) in [5.74, 6) is 0.0190. The first kappa shape index (κ1) is 23.2. The van der Waals surface area contributed by atoms with Crippen molar-refractivity contribution in [2.24, 2.45) is 0 Å². The minimum Gasteiger partial charge on any atom is -0.356 e. The zero-order chi connectivity index (χ0) is 24.4. The Morgan fingerprint density at radius 2 is 1.91 bits per heavy atom. The van der Waals surface area contributed by atoms with Gasteiger partial charge < -0.3 is 15.0 Å². The highest BCUT2D eigenvalue weighted by molar-refractivity contribution is 5.98. The maximum Gasteiger partial charge on any atom is 0.253 e. The van der Waals surface area contributed by atoms with E-state index in [2.05, 4.69) is 26.4 Å². The van der Waals surface area contributed by atoms with Gasteiger partial charge in [0.1, 0.15) is 17.6 Å². The molecule has 4 heterocycles. The number of nitrogens with one attached hydrogen (secondary N) is 1. The summed E-state index contributed by atoms with van der Waals surface area (Å²) in [7, 11) is 0. The first-order valence-electron chi connectivity index (χ1n) is 12.1. The van der Waals surface area contributed by atoms with Crippen LogP contribution in [0.2, 0.25) is 0 Å². The number of benzene rings is 1. The van der Waals surface area contributed by atoms with Crippen LogP contribution >= 0.6 is 0 Å². The van der Waals surface area contributed by atoms with E-state index in [1.54, 1.807) is 37.0 Å². The van der Waals surface area contributed by atoms with Crippen molar-refractivity contribution >= 4 is 11.8 Å². The quantitative estimate of drug-likeness (QED) is 0.610. The highest BCUT2D eigenvalue weighted by atomic mass is 16.5. The number of carbonyl (C=O) groups is 2. The molecule has 2 amide bonds. The van der Waals surface area contributed by atoms with Crippen molar-refractivity contribution in [3.05, 3.63) is 65.6 Å².